The molecule has 0 aliphatic heterocycles. The number of aryl methyl sites for hydroxylation is 1. The van der Waals surface area contributed by atoms with E-state index in [1.807, 2.05) is 0 Å². The molecule has 0 aromatic heterocycles. The van der Waals surface area contributed by atoms with Gasteiger partial charge < -0.3 is 0 Å². The molecule has 0 spiro atoms. The standard InChI is InChI=1S/C13H15BrOS/c1-10-6-7-12(13(14)9-10)5-3-4-8-16-11(2)15/h3,5-7,9H,4,8H2,1-2H3. The Hall–Kier alpha value is -0.540. The minimum Gasteiger partial charge on any atom is -0.288 e. The molecule has 1 nitrogen and oxygen atoms in total. The molecule has 3 heteroatoms. The second kappa shape index (κ2) is 6.92. The van der Waals surface area contributed by atoms with Gasteiger partial charge in [-0.2, -0.15) is 0 Å². The summed E-state index contributed by atoms with van der Waals surface area (Å²) in [5, 5.41) is 0.185. The van der Waals surface area contributed by atoms with E-state index >= 15 is 0 Å². The van der Waals surface area contributed by atoms with E-state index in [9.17, 15) is 4.79 Å². The molecule has 0 bridgehead atoms. The maximum atomic E-state index is 10.7. The summed E-state index contributed by atoms with van der Waals surface area (Å²) in [4.78, 5) is 10.7. The molecule has 0 radical (unpaired) electrons. The zero-order valence-electron chi connectivity index (χ0n) is 9.50. The van der Waals surface area contributed by atoms with Crippen molar-refractivity contribution in [3.8, 4) is 0 Å². The first kappa shape index (κ1) is 13.5. The summed E-state index contributed by atoms with van der Waals surface area (Å²) in [6, 6.07) is 6.28. The molecule has 0 heterocycles. The summed E-state index contributed by atoms with van der Waals surface area (Å²) < 4.78 is 1.11. The fourth-order valence-corrected chi connectivity index (χ4v) is 2.42. The van der Waals surface area contributed by atoms with Gasteiger partial charge in [-0.3, -0.25) is 4.79 Å². The van der Waals surface area contributed by atoms with E-state index in [1.54, 1.807) is 6.92 Å². The first-order chi connectivity index (χ1) is 7.59. The minimum absolute atomic E-state index is 0.185. The van der Waals surface area contributed by atoms with Crippen LogP contribution in [0.3, 0.4) is 0 Å². The van der Waals surface area contributed by atoms with E-state index < -0.39 is 0 Å². The quantitative estimate of drug-likeness (QED) is 0.765. The van der Waals surface area contributed by atoms with Crippen LogP contribution in [0.5, 0.6) is 0 Å². The van der Waals surface area contributed by atoms with Gasteiger partial charge in [0.2, 0.25) is 0 Å². The molecular weight excluding hydrogens is 284 g/mol. The number of benzene rings is 1. The SMILES string of the molecule is CC(=O)SCCC=Cc1ccc(C)cc1Br. The van der Waals surface area contributed by atoms with Gasteiger partial charge in [0.15, 0.2) is 5.12 Å². The maximum Gasteiger partial charge on any atom is 0.185 e. The summed E-state index contributed by atoms with van der Waals surface area (Å²) in [6.45, 7) is 3.67. The number of thioether (sulfide) groups is 1. The predicted molar refractivity (Wildman–Crippen MR) is 75.7 cm³/mol. The number of carbonyl (C=O) groups excluding carboxylic acids is 1. The maximum absolute atomic E-state index is 10.7. The molecule has 0 N–H and O–H groups in total. The van der Waals surface area contributed by atoms with Crippen LogP contribution in [0.2, 0.25) is 0 Å². The third-order valence-electron chi connectivity index (χ3n) is 2.04. The largest absolute Gasteiger partial charge is 0.288 e. The highest BCUT2D eigenvalue weighted by Gasteiger charge is 1.95. The normalized spacial score (nSPS) is 10.9. The Morgan fingerprint density at radius 3 is 2.88 bits per heavy atom. The van der Waals surface area contributed by atoms with Crippen molar-refractivity contribution in [2.24, 2.45) is 0 Å². The van der Waals surface area contributed by atoms with Crippen molar-refractivity contribution in [3.05, 3.63) is 39.9 Å². The first-order valence-corrected chi connectivity index (χ1v) is 6.93. The fraction of sp³-hybridized carbons (Fsp3) is 0.308. The Morgan fingerprint density at radius 2 is 2.25 bits per heavy atom. The van der Waals surface area contributed by atoms with E-state index in [4.69, 9.17) is 0 Å². The van der Waals surface area contributed by atoms with Gasteiger partial charge in [0.1, 0.15) is 0 Å². The molecule has 0 atom stereocenters. The molecule has 1 aromatic rings. The van der Waals surface area contributed by atoms with Gasteiger partial charge in [-0.1, -0.05) is 52.0 Å². The molecule has 0 amide bonds. The van der Waals surface area contributed by atoms with E-state index in [0.717, 1.165) is 16.6 Å². The first-order valence-electron chi connectivity index (χ1n) is 5.15. The Bertz CT molecular complexity index is 399. The molecular formula is C13H15BrOS. The van der Waals surface area contributed by atoms with Gasteiger partial charge in [0, 0.05) is 17.1 Å². The zero-order valence-corrected chi connectivity index (χ0v) is 11.9. The third kappa shape index (κ3) is 4.99. The average molecular weight is 299 g/mol. The highest BCUT2D eigenvalue weighted by molar-refractivity contribution is 9.10. The number of allylic oxidation sites excluding steroid dienone is 1. The molecule has 0 unspecified atom stereocenters. The van der Waals surface area contributed by atoms with Crippen LogP contribution in [-0.2, 0) is 4.79 Å². The minimum atomic E-state index is 0.185. The van der Waals surface area contributed by atoms with E-state index in [2.05, 4.69) is 53.2 Å². The van der Waals surface area contributed by atoms with Crippen LogP contribution in [0.25, 0.3) is 6.08 Å². The van der Waals surface area contributed by atoms with Crippen molar-refractivity contribution >= 4 is 38.9 Å². The molecule has 1 rings (SSSR count). The summed E-state index contributed by atoms with van der Waals surface area (Å²) >= 11 is 4.90. The topological polar surface area (TPSA) is 17.1 Å². The van der Waals surface area contributed by atoms with Gasteiger partial charge in [-0.05, 0) is 30.5 Å². The predicted octanol–water partition coefficient (Wildman–Crippen LogP) is 4.44. The van der Waals surface area contributed by atoms with Crippen LogP contribution in [0, 0.1) is 6.92 Å². The van der Waals surface area contributed by atoms with Crippen molar-refractivity contribution in [2.45, 2.75) is 20.3 Å². The lowest BCUT2D eigenvalue weighted by atomic mass is 10.1. The molecule has 0 saturated heterocycles. The van der Waals surface area contributed by atoms with Crippen molar-refractivity contribution in [2.75, 3.05) is 5.75 Å². The summed E-state index contributed by atoms with van der Waals surface area (Å²) in [5.41, 5.74) is 2.43. The smallest absolute Gasteiger partial charge is 0.185 e. The number of halogens is 1. The summed E-state index contributed by atoms with van der Waals surface area (Å²) in [6.07, 6.45) is 5.11. The van der Waals surface area contributed by atoms with Gasteiger partial charge in [-0.15, -0.1) is 0 Å². The van der Waals surface area contributed by atoms with Gasteiger partial charge in [0.25, 0.3) is 0 Å². The highest BCUT2D eigenvalue weighted by atomic mass is 79.9. The molecule has 0 aliphatic carbocycles. The van der Waals surface area contributed by atoms with E-state index in [-0.39, 0.29) is 5.12 Å². The Kier molecular flexibility index (Phi) is 5.85. The van der Waals surface area contributed by atoms with Gasteiger partial charge in [-0.25, -0.2) is 0 Å². The highest BCUT2D eigenvalue weighted by Crippen LogP contribution is 2.19. The van der Waals surface area contributed by atoms with Gasteiger partial charge >= 0.3 is 0 Å². The van der Waals surface area contributed by atoms with Crippen molar-refractivity contribution in [3.63, 3.8) is 0 Å². The molecule has 1 aromatic carbocycles. The fourth-order valence-electron chi connectivity index (χ4n) is 1.25. The number of hydrogen-bond acceptors (Lipinski definition) is 2. The van der Waals surface area contributed by atoms with Gasteiger partial charge in [0.05, 0.1) is 0 Å². The molecule has 0 saturated carbocycles. The van der Waals surface area contributed by atoms with Crippen molar-refractivity contribution in [1.29, 1.82) is 0 Å². The molecule has 16 heavy (non-hydrogen) atoms. The average Bonchev–Trinajstić information content (AvgIpc) is 2.20. The second-order valence-corrected chi connectivity index (χ2v) is 5.68. The molecule has 86 valence electrons. The number of hydrogen-bond donors (Lipinski definition) is 0. The number of carbonyl (C=O) groups is 1. The van der Waals surface area contributed by atoms with Crippen LogP contribution in [0.4, 0.5) is 0 Å². The Morgan fingerprint density at radius 1 is 1.50 bits per heavy atom. The lowest BCUT2D eigenvalue weighted by molar-refractivity contribution is -0.109. The van der Waals surface area contributed by atoms with E-state index in [0.29, 0.717) is 0 Å². The number of rotatable bonds is 4. The third-order valence-corrected chi connectivity index (χ3v) is 3.58. The van der Waals surface area contributed by atoms with Crippen LogP contribution in [0.1, 0.15) is 24.5 Å². The molecule has 0 fully saturated rings. The van der Waals surface area contributed by atoms with Crippen LogP contribution >= 0.6 is 27.7 Å². The molecule has 0 aliphatic rings. The van der Waals surface area contributed by atoms with Crippen molar-refractivity contribution < 1.29 is 4.79 Å². The Labute approximate surface area is 109 Å². The van der Waals surface area contributed by atoms with Crippen LogP contribution < -0.4 is 0 Å². The lowest BCUT2D eigenvalue weighted by Crippen LogP contribution is -1.84. The summed E-state index contributed by atoms with van der Waals surface area (Å²) in [7, 11) is 0. The van der Waals surface area contributed by atoms with E-state index in [1.165, 1.54) is 22.9 Å². The lowest BCUT2D eigenvalue weighted by Gasteiger charge is -1.99. The Balaban J connectivity index is 2.47. The van der Waals surface area contributed by atoms with Crippen LogP contribution in [-0.4, -0.2) is 10.9 Å². The monoisotopic (exact) mass is 298 g/mol. The summed E-state index contributed by atoms with van der Waals surface area (Å²) in [5.74, 6) is 0.856. The van der Waals surface area contributed by atoms with Crippen LogP contribution in [0.15, 0.2) is 28.7 Å². The zero-order chi connectivity index (χ0) is 12.0. The van der Waals surface area contributed by atoms with Crippen molar-refractivity contribution in [1.82, 2.24) is 0 Å². The second-order valence-electron chi connectivity index (χ2n) is 3.56.